The van der Waals surface area contributed by atoms with Crippen LogP contribution in [0.15, 0.2) is 60.7 Å². The van der Waals surface area contributed by atoms with Gasteiger partial charge in [0.05, 0.1) is 26.9 Å². The van der Waals surface area contributed by atoms with Gasteiger partial charge in [-0.2, -0.15) is 0 Å². The molecule has 0 aromatic heterocycles. The summed E-state index contributed by atoms with van der Waals surface area (Å²) in [5, 5.41) is 17.7. The summed E-state index contributed by atoms with van der Waals surface area (Å²) in [6.45, 7) is 2.90. The fourth-order valence-corrected chi connectivity index (χ4v) is 4.20. The first-order valence-corrected chi connectivity index (χ1v) is 12.1. The number of nitrogens with zero attached hydrogens (tertiary/aromatic N) is 1. The summed E-state index contributed by atoms with van der Waals surface area (Å²) in [4.78, 5) is 51.6. The second-order valence-electron chi connectivity index (χ2n) is 8.82. The molecule has 38 heavy (non-hydrogen) atoms. The summed E-state index contributed by atoms with van der Waals surface area (Å²) in [6.07, 6.45) is 0. The standard InChI is InChI=1S/C27H26Cl2N4O5/c1-15(34)27(2,32-24(35)23-20(28)6-5-7-21(23)29)16-8-10-17(11-9-16)30-26(38)31-22-13-12-18(33(3)4)14-19(22)25(36)37/h5-14H,1-4H3,(H,32,35)(H,36,37)(H2,30,31,38)/t27-/m1/s1. The number of carboxylic acids is 1. The molecule has 4 N–H and O–H groups in total. The van der Waals surface area contributed by atoms with E-state index < -0.39 is 23.4 Å². The van der Waals surface area contributed by atoms with E-state index in [1.165, 1.54) is 31.2 Å². The van der Waals surface area contributed by atoms with Gasteiger partial charge >= 0.3 is 12.0 Å². The van der Waals surface area contributed by atoms with Crippen molar-refractivity contribution in [3.63, 3.8) is 0 Å². The fourth-order valence-electron chi connectivity index (χ4n) is 3.64. The third-order valence-corrected chi connectivity index (χ3v) is 6.61. The number of anilines is 3. The molecule has 3 aromatic rings. The van der Waals surface area contributed by atoms with Crippen LogP contribution in [0.25, 0.3) is 0 Å². The fraction of sp³-hybridized carbons (Fsp3) is 0.185. The zero-order valence-corrected chi connectivity index (χ0v) is 22.6. The maximum Gasteiger partial charge on any atom is 0.337 e. The molecule has 0 spiro atoms. The third-order valence-electron chi connectivity index (χ3n) is 5.98. The van der Waals surface area contributed by atoms with E-state index >= 15 is 0 Å². The van der Waals surface area contributed by atoms with Crippen molar-refractivity contribution < 1.29 is 24.3 Å². The quantitative estimate of drug-likeness (QED) is 0.284. The van der Waals surface area contributed by atoms with E-state index in [4.69, 9.17) is 23.2 Å². The van der Waals surface area contributed by atoms with Crippen molar-refractivity contribution in [1.82, 2.24) is 5.32 Å². The number of benzene rings is 3. The number of hydrogen-bond acceptors (Lipinski definition) is 5. The van der Waals surface area contributed by atoms with Gasteiger partial charge in [0.15, 0.2) is 5.78 Å². The Hall–Kier alpha value is -4.08. The first-order chi connectivity index (χ1) is 17.8. The number of nitrogens with one attached hydrogen (secondary N) is 3. The zero-order valence-electron chi connectivity index (χ0n) is 21.1. The molecule has 0 saturated heterocycles. The topological polar surface area (TPSA) is 128 Å². The van der Waals surface area contributed by atoms with Crippen LogP contribution in [0.3, 0.4) is 0 Å². The van der Waals surface area contributed by atoms with Gasteiger partial charge in [-0.05, 0) is 61.9 Å². The molecule has 0 aliphatic carbocycles. The summed E-state index contributed by atoms with van der Waals surface area (Å²) in [6, 6.07) is 14.9. The summed E-state index contributed by atoms with van der Waals surface area (Å²) in [7, 11) is 3.55. The van der Waals surface area contributed by atoms with Crippen molar-refractivity contribution >= 4 is 64.0 Å². The molecule has 198 valence electrons. The van der Waals surface area contributed by atoms with Crippen molar-refractivity contribution in [3.8, 4) is 0 Å². The molecule has 9 nitrogen and oxygen atoms in total. The average Bonchev–Trinajstić information content (AvgIpc) is 2.84. The van der Waals surface area contributed by atoms with Crippen molar-refractivity contribution in [1.29, 1.82) is 0 Å². The van der Waals surface area contributed by atoms with Gasteiger partial charge in [-0.1, -0.05) is 41.4 Å². The number of hydrogen-bond donors (Lipinski definition) is 4. The summed E-state index contributed by atoms with van der Waals surface area (Å²) in [5.41, 5.74) is 0.208. The maximum atomic E-state index is 13.0. The van der Waals surface area contributed by atoms with Crippen molar-refractivity contribution in [2.45, 2.75) is 19.4 Å². The highest BCUT2D eigenvalue weighted by Crippen LogP contribution is 2.29. The van der Waals surface area contributed by atoms with E-state index in [-0.39, 0.29) is 32.6 Å². The SMILES string of the molecule is CC(=O)[C@@](C)(NC(=O)c1c(Cl)cccc1Cl)c1ccc(NC(=O)Nc2ccc(N(C)C)cc2C(=O)O)cc1. The van der Waals surface area contributed by atoms with Crippen molar-refractivity contribution in [2.75, 3.05) is 29.6 Å². The van der Waals surface area contributed by atoms with E-state index in [2.05, 4.69) is 16.0 Å². The Labute approximate surface area is 229 Å². The van der Waals surface area contributed by atoms with E-state index in [1.54, 1.807) is 62.3 Å². The largest absolute Gasteiger partial charge is 0.478 e. The lowest BCUT2D eigenvalue weighted by Crippen LogP contribution is -2.48. The number of aromatic carboxylic acids is 1. The number of ketones is 1. The molecule has 0 aliphatic rings. The Morgan fingerprint density at radius 3 is 2.03 bits per heavy atom. The molecular formula is C27H26Cl2N4O5. The van der Waals surface area contributed by atoms with Gasteiger partial charge in [0.1, 0.15) is 5.54 Å². The van der Waals surface area contributed by atoms with E-state index in [0.717, 1.165) is 0 Å². The van der Waals surface area contributed by atoms with E-state index in [9.17, 15) is 24.3 Å². The van der Waals surface area contributed by atoms with E-state index in [0.29, 0.717) is 16.9 Å². The van der Waals surface area contributed by atoms with Crippen LogP contribution in [0.2, 0.25) is 10.0 Å². The van der Waals surface area contributed by atoms with Crippen LogP contribution in [-0.4, -0.2) is 42.9 Å². The minimum atomic E-state index is -1.41. The monoisotopic (exact) mass is 556 g/mol. The minimum absolute atomic E-state index is 0.0533. The molecule has 3 amide bonds. The zero-order chi connectivity index (χ0) is 28.2. The van der Waals surface area contributed by atoms with Crippen LogP contribution in [0.5, 0.6) is 0 Å². The minimum Gasteiger partial charge on any atom is -0.478 e. The number of halogens is 2. The van der Waals surface area contributed by atoms with Crippen LogP contribution < -0.4 is 20.9 Å². The summed E-state index contributed by atoms with van der Waals surface area (Å²) < 4.78 is 0. The molecule has 3 aromatic carbocycles. The lowest BCUT2D eigenvalue weighted by molar-refractivity contribution is -0.122. The van der Waals surface area contributed by atoms with Gasteiger partial charge in [0.25, 0.3) is 5.91 Å². The van der Waals surface area contributed by atoms with Crippen LogP contribution in [-0.2, 0) is 10.3 Å². The van der Waals surface area contributed by atoms with Crippen LogP contribution in [0.1, 0.15) is 40.1 Å². The van der Waals surface area contributed by atoms with Crippen molar-refractivity contribution in [2.24, 2.45) is 0 Å². The molecule has 11 heteroatoms. The Morgan fingerprint density at radius 2 is 1.50 bits per heavy atom. The molecule has 0 saturated carbocycles. The van der Waals surface area contributed by atoms with Gasteiger partial charge in [-0.3, -0.25) is 9.59 Å². The molecule has 0 unspecified atom stereocenters. The lowest BCUT2D eigenvalue weighted by Gasteiger charge is -2.29. The Balaban J connectivity index is 1.78. The normalized spacial score (nSPS) is 12.2. The second-order valence-corrected chi connectivity index (χ2v) is 9.63. The van der Waals surface area contributed by atoms with Gasteiger partial charge in [0, 0.05) is 25.5 Å². The summed E-state index contributed by atoms with van der Waals surface area (Å²) >= 11 is 12.3. The number of urea groups is 1. The number of Topliss-reactive ketones (excluding diaryl/α,β-unsaturated/α-hetero) is 1. The van der Waals surface area contributed by atoms with Crippen LogP contribution in [0, 0.1) is 0 Å². The van der Waals surface area contributed by atoms with Gasteiger partial charge in [0.2, 0.25) is 0 Å². The maximum absolute atomic E-state index is 13.0. The Morgan fingerprint density at radius 1 is 0.895 bits per heavy atom. The highest BCUT2D eigenvalue weighted by atomic mass is 35.5. The molecule has 0 aliphatic heterocycles. The predicted octanol–water partition coefficient (Wildman–Crippen LogP) is 5.64. The smallest absolute Gasteiger partial charge is 0.337 e. The van der Waals surface area contributed by atoms with Gasteiger partial charge in [-0.15, -0.1) is 0 Å². The van der Waals surface area contributed by atoms with Crippen LogP contribution >= 0.6 is 23.2 Å². The number of carboxylic acid groups (broad SMARTS) is 1. The molecule has 0 fully saturated rings. The third kappa shape index (κ3) is 6.24. The highest BCUT2D eigenvalue weighted by Gasteiger charge is 2.35. The Kier molecular flexibility index (Phi) is 8.65. The molecule has 0 radical (unpaired) electrons. The predicted molar refractivity (Wildman–Crippen MR) is 149 cm³/mol. The Bertz CT molecular complexity index is 1390. The number of rotatable bonds is 8. The van der Waals surface area contributed by atoms with E-state index in [1.807, 2.05) is 0 Å². The molecule has 0 heterocycles. The lowest BCUT2D eigenvalue weighted by atomic mass is 9.87. The second kappa shape index (κ2) is 11.5. The first-order valence-electron chi connectivity index (χ1n) is 11.3. The van der Waals surface area contributed by atoms with Gasteiger partial charge in [-0.25, -0.2) is 9.59 Å². The first kappa shape index (κ1) is 28.5. The number of carbonyl (C=O) groups excluding carboxylic acids is 3. The van der Waals surface area contributed by atoms with Gasteiger partial charge < -0.3 is 26.0 Å². The highest BCUT2D eigenvalue weighted by molar-refractivity contribution is 6.39. The average molecular weight is 557 g/mol. The number of carbonyl (C=O) groups is 4. The molecule has 1 atom stereocenters. The molecular weight excluding hydrogens is 531 g/mol. The van der Waals surface area contributed by atoms with Crippen molar-refractivity contribution in [3.05, 3.63) is 87.4 Å². The molecule has 3 rings (SSSR count). The molecule has 0 bridgehead atoms. The van der Waals surface area contributed by atoms with Crippen LogP contribution in [0.4, 0.5) is 21.9 Å². The summed E-state index contributed by atoms with van der Waals surface area (Å²) in [5.74, 6) is -2.14. The number of amides is 3.